The Balaban J connectivity index is 2.48. The zero-order valence-corrected chi connectivity index (χ0v) is 11.1. The highest BCUT2D eigenvalue weighted by Gasteiger charge is 2.11. The van der Waals surface area contributed by atoms with Crippen LogP contribution in [0.1, 0.15) is 36.5 Å². The minimum absolute atomic E-state index is 0.481. The summed E-state index contributed by atoms with van der Waals surface area (Å²) in [6.45, 7) is 13.4. The van der Waals surface area contributed by atoms with E-state index >= 15 is 0 Å². The lowest BCUT2D eigenvalue weighted by molar-refractivity contribution is 0.485. The summed E-state index contributed by atoms with van der Waals surface area (Å²) in [5, 5.41) is 6.84. The van der Waals surface area contributed by atoms with Crippen molar-refractivity contribution in [2.24, 2.45) is 0 Å². The van der Waals surface area contributed by atoms with Gasteiger partial charge in [-0.15, -0.1) is 0 Å². The van der Waals surface area contributed by atoms with Gasteiger partial charge in [0, 0.05) is 24.7 Å². The van der Waals surface area contributed by atoms with Gasteiger partial charge in [-0.25, -0.2) is 0 Å². The molecule has 0 amide bonds. The molecule has 1 unspecified atom stereocenters. The molecule has 0 saturated heterocycles. The molecule has 1 aromatic heterocycles. The van der Waals surface area contributed by atoms with E-state index in [1.807, 2.05) is 13.8 Å². The molecule has 1 aromatic rings. The molecule has 0 spiro atoms. The van der Waals surface area contributed by atoms with Gasteiger partial charge in [-0.05, 0) is 39.8 Å². The van der Waals surface area contributed by atoms with Crippen molar-refractivity contribution in [2.45, 2.75) is 47.2 Å². The molecule has 0 aliphatic rings. The van der Waals surface area contributed by atoms with Gasteiger partial charge in [0.05, 0.1) is 0 Å². The van der Waals surface area contributed by atoms with E-state index in [1.54, 1.807) is 0 Å². The average molecular weight is 224 g/mol. The number of likely N-dealkylation sites (N-methyl/N-ethyl adjacent to an activating group) is 1. The van der Waals surface area contributed by atoms with Crippen molar-refractivity contribution in [1.82, 2.24) is 10.6 Å². The zero-order valence-electron chi connectivity index (χ0n) is 11.1. The smallest absolute Gasteiger partial charge is 0.105 e. The number of nitrogens with one attached hydrogen (secondary N) is 2. The fourth-order valence-corrected chi connectivity index (χ4v) is 1.81. The fraction of sp³-hybridized carbons (Fsp3) is 0.692. The molecule has 0 saturated carbocycles. The van der Waals surface area contributed by atoms with Crippen molar-refractivity contribution >= 4 is 0 Å². The molecule has 1 rings (SSSR count). The summed E-state index contributed by atoms with van der Waals surface area (Å²) in [5.74, 6) is 2.08. The predicted octanol–water partition coefficient (Wildman–Crippen LogP) is 2.29. The minimum Gasteiger partial charge on any atom is -0.466 e. The van der Waals surface area contributed by atoms with Gasteiger partial charge in [0.15, 0.2) is 0 Å². The average Bonchev–Trinajstić information content (AvgIpc) is 2.48. The molecule has 0 fully saturated rings. The van der Waals surface area contributed by atoms with E-state index in [4.69, 9.17) is 4.42 Å². The zero-order chi connectivity index (χ0) is 12.1. The van der Waals surface area contributed by atoms with Gasteiger partial charge >= 0.3 is 0 Å². The van der Waals surface area contributed by atoms with Gasteiger partial charge in [-0.3, -0.25) is 0 Å². The van der Waals surface area contributed by atoms with E-state index in [1.165, 1.54) is 11.1 Å². The maximum atomic E-state index is 5.60. The lowest BCUT2D eigenvalue weighted by Gasteiger charge is -2.14. The second-order valence-corrected chi connectivity index (χ2v) is 4.41. The predicted molar refractivity (Wildman–Crippen MR) is 67.8 cm³/mol. The second-order valence-electron chi connectivity index (χ2n) is 4.41. The summed E-state index contributed by atoms with van der Waals surface area (Å²) < 4.78 is 5.60. The van der Waals surface area contributed by atoms with E-state index in [0.717, 1.165) is 31.2 Å². The molecule has 0 aromatic carbocycles. The minimum atomic E-state index is 0.481. The van der Waals surface area contributed by atoms with Crippen molar-refractivity contribution < 1.29 is 4.42 Å². The van der Waals surface area contributed by atoms with Gasteiger partial charge in [0.1, 0.15) is 11.5 Å². The first-order chi connectivity index (χ1) is 7.56. The van der Waals surface area contributed by atoms with E-state index in [9.17, 15) is 0 Å². The van der Waals surface area contributed by atoms with Crippen LogP contribution in [0.25, 0.3) is 0 Å². The third-order valence-corrected chi connectivity index (χ3v) is 3.04. The Bertz CT molecular complexity index is 331. The fourth-order valence-electron chi connectivity index (χ4n) is 1.81. The number of hydrogen-bond donors (Lipinski definition) is 2. The quantitative estimate of drug-likeness (QED) is 0.778. The van der Waals surface area contributed by atoms with Crippen LogP contribution in [-0.4, -0.2) is 19.1 Å². The third kappa shape index (κ3) is 3.35. The molecule has 0 aliphatic carbocycles. The van der Waals surface area contributed by atoms with Crippen LogP contribution < -0.4 is 10.6 Å². The van der Waals surface area contributed by atoms with E-state index in [-0.39, 0.29) is 0 Å². The third-order valence-electron chi connectivity index (χ3n) is 3.04. The van der Waals surface area contributed by atoms with Gasteiger partial charge in [-0.2, -0.15) is 0 Å². The first kappa shape index (κ1) is 13.3. The summed E-state index contributed by atoms with van der Waals surface area (Å²) >= 11 is 0. The van der Waals surface area contributed by atoms with Crippen LogP contribution in [0.4, 0.5) is 0 Å². The van der Waals surface area contributed by atoms with Crippen LogP contribution in [-0.2, 0) is 6.54 Å². The van der Waals surface area contributed by atoms with Crippen LogP contribution in [0.15, 0.2) is 4.42 Å². The molecule has 3 nitrogen and oxygen atoms in total. The maximum absolute atomic E-state index is 5.60. The second kappa shape index (κ2) is 6.06. The summed E-state index contributed by atoms with van der Waals surface area (Å²) in [7, 11) is 0. The molecule has 2 N–H and O–H groups in total. The molecule has 16 heavy (non-hydrogen) atoms. The molecular weight excluding hydrogens is 200 g/mol. The van der Waals surface area contributed by atoms with Crippen LogP contribution in [0.3, 0.4) is 0 Å². The maximum Gasteiger partial charge on any atom is 0.105 e. The van der Waals surface area contributed by atoms with Crippen LogP contribution in [0, 0.1) is 20.8 Å². The van der Waals surface area contributed by atoms with Crippen LogP contribution in [0.5, 0.6) is 0 Å². The molecule has 1 heterocycles. The molecule has 92 valence electrons. The van der Waals surface area contributed by atoms with Crippen LogP contribution >= 0.6 is 0 Å². The Labute approximate surface area is 98.6 Å². The molecular formula is C13H24N2O. The van der Waals surface area contributed by atoms with Gasteiger partial charge in [0.25, 0.3) is 0 Å². The van der Waals surface area contributed by atoms with Crippen molar-refractivity contribution in [2.75, 3.05) is 13.1 Å². The Morgan fingerprint density at radius 1 is 1.19 bits per heavy atom. The van der Waals surface area contributed by atoms with E-state index in [0.29, 0.717) is 6.04 Å². The number of furan rings is 1. The normalized spacial score (nSPS) is 13.1. The lowest BCUT2D eigenvalue weighted by Crippen LogP contribution is -2.35. The van der Waals surface area contributed by atoms with Crippen molar-refractivity contribution in [1.29, 1.82) is 0 Å². The molecule has 0 radical (unpaired) electrons. The summed E-state index contributed by atoms with van der Waals surface area (Å²) in [4.78, 5) is 0. The summed E-state index contributed by atoms with van der Waals surface area (Å²) in [6.07, 6.45) is 0. The monoisotopic (exact) mass is 224 g/mol. The van der Waals surface area contributed by atoms with Gasteiger partial charge in [-0.1, -0.05) is 6.92 Å². The van der Waals surface area contributed by atoms with E-state index in [2.05, 4.69) is 31.4 Å². The Morgan fingerprint density at radius 2 is 1.88 bits per heavy atom. The molecule has 0 bridgehead atoms. The Morgan fingerprint density at radius 3 is 2.38 bits per heavy atom. The standard InChI is InChI=1S/C13H24N2O/c1-6-14-7-9(2)15-8-13-10(3)11(4)16-12(13)5/h9,14-15H,6-8H2,1-5H3. The largest absolute Gasteiger partial charge is 0.466 e. The topological polar surface area (TPSA) is 37.2 Å². The number of hydrogen-bond acceptors (Lipinski definition) is 3. The Hall–Kier alpha value is -0.800. The van der Waals surface area contributed by atoms with Gasteiger partial charge < -0.3 is 15.1 Å². The number of aryl methyl sites for hydroxylation is 2. The molecule has 1 atom stereocenters. The lowest BCUT2D eigenvalue weighted by atomic mass is 10.1. The highest BCUT2D eigenvalue weighted by molar-refractivity contribution is 5.31. The Kier molecular flexibility index (Phi) is 5.03. The summed E-state index contributed by atoms with van der Waals surface area (Å²) in [5.41, 5.74) is 2.58. The first-order valence-electron chi connectivity index (χ1n) is 6.05. The highest BCUT2D eigenvalue weighted by atomic mass is 16.3. The van der Waals surface area contributed by atoms with Crippen LogP contribution in [0.2, 0.25) is 0 Å². The first-order valence-corrected chi connectivity index (χ1v) is 6.05. The van der Waals surface area contributed by atoms with Crippen molar-refractivity contribution in [3.8, 4) is 0 Å². The molecule has 0 aliphatic heterocycles. The van der Waals surface area contributed by atoms with Gasteiger partial charge in [0.2, 0.25) is 0 Å². The SMILES string of the molecule is CCNCC(C)NCc1c(C)oc(C)c1C. The van der Waals surface area contributed by atoms with Crippen molar-refractivity contribution in [3.63, 3.8) is 0 Å². The highest BCUT2D eigenvalue weighted by Crippen LogP contribution is 2.20. The summed E-state index contributed by atoms with van der Waals surface area (Å²) in [6, 6.07) is 0.481. The molecule has 3 heteroatoms. The van der Waals surface area contributed by atoms with E-state index < -0.39 is 0 Å². The van der Waals surface area contributed by atoms with Crippen molar-refractivity contribution in [3.05, 3.63) is 22.6 Å². The number of rotatable bonds is 6.